The molecule has 0 aliphatic carbocycles. The van der Waals surface area contributed by atoms with E-state index in [0.29, 0.717) is 0 Å². The highest BCUT2D eigenvalue weighted by molar-refractivity contribution is 5.43. The maximum atomic E-state index is 5.95. The van der Waals surface area contributed by atoms with Crippen LogP contribution in [0.15, 0.2) is 12.1 Å². The van der Waals surface area contributed by atoms with Crippen LogP contribution >= 0.6 is 0 Å². The molecular weight excluding hydrogens is 246 g/mol. The molecule has 1 aliphatic rings. The molecule has 0 aromatic heterocycles. The minimum Gasteiger partial charge on any atom is -0.376 e. The Bertz CT molecular complexity index is 488. The van der Waals surface area contributed by atoms with Gasteiger partial charge in [0, 0.05) is 12.0 Å². The molecule has 0 amide bonds. The molecular formula is C18H29NO. The average molecular weight is 275 g/mol. The van der Waals surface area contributed by atoms with Gasteiger partial charge in [0.15, 0.2) is 0 Å². The second-order valence-electron chi connectivity index (χ2n) is 7.03. The van der Waals surface area contributed by atoms with Gasteiger partial charge in [-0.15, -0.1) is 0 Å². The molecule has 0 saturated carbocycles. The lowest BCUT2D eigenvalue weighted by molar-refractivity contribution is -0.0837. The third-order valence-corrected chi connectivity index (χ3v) is 5.09. The van der Waals surface area contributed by atoms with Crippen molar-refractivity contribution in [2.24, 2.45) is 5.73 Å². The van der Waals surface area contributed by atoms with Crippen LogP contribution in [-0.2, 0) is 10.2 Å². The van der Waals surface area contributed by atoms with Gasteiger partial charge in [-0.2, -0.15) is 0 Å². The lowest BCUT2D eigenvalue weighted by atomic mass is 9.65. The largest absolute Gasteiger partial charge is 0.376 e. The van der Waals surface area contributed by atoms with Gasteiger partial charge in [-0.3, -0.25) is 0 Å². The van der Waals surface area contributed by atoms with Crippen LogP contribution in [0.5, 0.6) is 0 Å². The van der Waals surface area contributed by atoms with Crippen molar-refractivity contribution in [1.82, 2.24) is 0 Å². The fourth-order valence-electron chi connectivity index (χ4n) is 3.86. The number of aryl methyl sites for hydroxylation is 1. The van der Waals surface area contributed by atoms with E-state index in [-0.39, 0.29) is 11.0 Å². The van der Waals surface area contributed by atoms with Crippen LogP contribution < -0.4 is 5.73 Å². The number of hydrogen-bond donors (Lipinski definition) is 1. The summed E-state index contributed by atoms with van der Waals surface area (Å²) in [5, 5.41) is 0. The summed E-state index contributed by atoms with van der Waals surface area (Å²) in [6.45, 7) is 12.7. The molecule has 2 nitrogen and oxygen atoms in total. The average Bonchev–Trinajstić information content (AvgIpc) is 2.35. The predicted octanol–water partition coefficient (Wildman–Crippen LogP) is 3.79. The quantitative estimate of drug-likeness (QED) is 0.911. The van der Waals surface area contributed by atoms with E-state index >= 15 is 0 Å². The molecule has 112 valence electrons. The fraction of sp³-hybridized carbons (Fsp3) is 0.667. The van der Waals surface area contributed by atoms with Crippen LogP contribution in [-0.4, -0.2) is 18.8 Å². The summed E-state index contributed by atoms with van der Waals surface area (Å²) in [4.78, 5) is 0. The first-order chi connectivity index (χ1) is 9.31. The van der Waals surface area contributed by atoms with E-state index in [0.717, 1.165) is 32.4 Å². The fourth-order valence-corrected chi connectivity index (χ4v) is 3.86. The van der Waals surface area contributed by atoms with Crippen molar-refractivity contribution in [2.75, 3.05) is 13.2 Å². The second kappa shape index (κ2) is 5.50. The zero-order valence-electron chi connectivity index (χ0n) is 13.7. The van der Waals surface area contributed by atoms with E-state index in [4.69, 9.17) is 10.5 Å². The molecule has 1 saturated heterocycles. The van der Waals surface area contributed by atoms with Crippen LogP contribution in [0.3, 0.4) is 0 Å². The van der Waals surface area contributed by atoms with E-state index in [1.165, 1.54) is 22.3 Å². The molecule has 2 rings (SSSR count). The Balaban J connectivity index is 2.51. The van der Waals surface area contributed by atoms with Crippen molar-refractivity contribution in [1.29, 1.82) is 0 Å². The Morgan fingerprint density at radius 3 is 2.45 bits per heavy atom. The van der Waals surface area contributed by atoms with Gasteiger partial charge >= 0.3 is 0 Å². The SMILES string of the molecule is Cc1ccc(C2(CCN)CCOC(C)(C)C2)c(C)c1C. The Kier molecular flexibility index (Phi) is 4.27. The molecule has 1 unspecified atom stereocenters. The van der Waals surface area contributed by atoms with Crippen molar-refractivity contribution < 1.29 is 4.74 Å². The van der Waals surface area contributed by atoms with Gasteiger partial charge in [0.05, 0.1) is 5.60 Å². The van der Waals surface area contributed by atoms with Gasteiger partial charge in [-0.25, -0.2) is 0 Å². The van der Waals surface area contributed by atoms with Crippen molar-refractivity contribution in [2.45, 2.75) is 64.9 Å². The molecule has 0 bridgehead atoms. The summed E-state index contributed by atoms with van der Waals surface area (Å²) in [5.41, 5.74) is 11.8. The molecule has 1 aromatic rings. The van der Waals surface area contributed by atoms with E-state index in [2.05, 4.69) is 46.8 Å². The van der Waals surface area contributed by atoms with Gasteiger partial charge in [0.2, 0.25) is 0 Å². The summed E-state index contributed by atoms with van der Waals surface area (Å²) < 4.78 is 5.94. The molecule has 2 N–H and O–H groups in total. The second-order valence-corrected chi connectivity index (χ2v) is 7.03. The smallest absolute Gasteiger partial charge is 0.0635 e. The lowest BCUT2D eigenvalue weighted by Crippen LogP contribution is -2.45. The molecule has 0 spiro atoms. The van der Waals surface area contributed by atoms with Gasteiger partial charge in [0.25, 0.3) is 0 Å². The van der Waals surface area contributed by atoms with Gasteiger partial charge in [-0.1, -0.05) is 12.1 Å². The standard InChI is InChI=1S/C18H29NO/c1-13-6-7-16(15(3)14(13)2)18(8-10-19)9-11-20-17(4,5)12-18/h6-7H,8-12,19H2,1-5H3. The molecule has 1 heterocycles. The van der Waals surface area contributed by atoms with Crippen molar-refractivity contribution in [3.8, 4) is 0 Å². The van der Waals surface area contributed by atoms with E-state index < -0.39 is 0 Å². The normalized spacial score (nSPS) is 25.7. The van der Waals surface area contributed by atoms with E-state index in [9.17, 15) is 0 Å². The van der Waals surface area contributed by atoms with Crippen molar-refractivity contribution >= 4 is 0 Å². The summed E-state index contributed by atoms with van der Waals surface area (Å²) in [6.07, 6.45) is 3.18. The Hall–Kier alpha value is -0.860. The number of hydrogen-bond acceptors (Lipinski definition) is 2. The Morgan fingerprint density at radius 1 is 1.15 bits per heavy atom. The lowest BCUT2D eigenvalue weighted by Gasteiger charge is -2.46. The first-order valence-corrected chi connectivity index (χ1v) is 7.73. The maximum Gasteiger partial charge on any atom is 0.0635 e. The Morgan fingerprint density at radius 2 is 1.85 bits per heavy atom. The summed E-state index contributed by atoms with van der Waals surface area (Å²) in [7, 11) is 0. The highest BCUT2D eigenvalue weighted by atomic mass is 16.5. The highest BCUT2D eigenvalue weighted by Crippen LogP contribution is 2.45. The first kappa shape index (κ1) is 15.5. The monoisotopic (exact) mass is 275 g/mol. The molecule has 0 radical (unpaired) electrons. The van der Waals surface area contributed by atoms with E-state index in [1.54, 1.807) is 0 Å². The zero-order chi connectivity index (χ0) is 15.0. The molecule has 1 aromatic carbocycles. The number of benzene rings is 1. The first-order valence-electron chi connectivity index (χ1n) is 7.73. The molecule has 1 aliphatic heterocycles. The topological polar surface area (TPSA) is 35.2 Å². The highest BCUT2D eigenvalue weighted by Gasteiger charge is 2.42. The maximum absolute atomic E-state index is 5.95. The number of nitrogens with two attached hydrogens (primary N) is 1. The molecule has 2 heteroatoms. The Labute approximate surface area is 123 Å². The zero-order valence-corrected chi connectivity index (χ0v) is 13.7. The molecule has 1 fully saturated rings. The van der Waals surface area contributed by atoms with Crippen LogP contribution in [0, 0.1) is 20.8 Å². The summed E-state index contributed by atoms with van der Waals surface area (Å²) in [6, 6.07) is 4.59. The minimum atomic E-state index is -0.0569. The third kappa shape index (κ3) is 2.77. The minimum absolute atomic E-state index is 0.0569. The summed E-state index contributed by atoms with van der Waals surface area (Å²) in [5.74, 6) is 0. The van der Waals surface area contributed by atoms with Gasteiger partial charge in [-0.05, 0) is 82.7 Å². The van der Waals surface area contributed by atoms with Crippen LogP contribution in [0.2, 0.25) is 0 Å². The van der Waals surface area contributed by atoms with Crippen molar-refractivity contribution in [3.63, 3.8) is 0 Å². The predicted molar refractivity (Wildman–Crippen MR) is 85.3 cm³/mol. The number of ether oxygens (including phenoxy) is 1. The van der Waals surface area contributed by atoms with Crippen LogP contribution in [0.25, 0.3) is 0 Å². The van der Waals surface area contributed by atoms with Gasteiger partial charge < -0.3 is 10.5 Å². The molecule has 1 atom stereocenters. The molecule has 20 heavy (non-hydrogen) atoms. The van der Waals surface area contributed by atoms with Crippen LogP contribution in [0.4, 0.5) is 0 Å². The van der Waals surface area contributed by atoms with Crippen molar-refractivity contribution in [3.05, 3.63) is 34.4 Å². The summed E-state index contributed by atoms with van der Waals surface area (Å²) >= 11 is 0. The van der Waals surface area contributed by atoms with Crippen LogP contribution in [0.1, 0.15) is 55.4 Å². The number of rotatable bonds is 3. The van der Waals surface area contributed by atoms with Gasteiger partial charge in [0.1, 0.15) is 0 Å². The van der Waals surface area contributed by atoms with E-state index in [1.807, 2.05) is 0 Å². The third-order valence-electron chi connectivity index (χ3n) is 5.09.